The standard InChI is InChI=1S/C15H15F2N3/c16-12-2-1-11(14(17)6-12)5-15-19-8-10(9-20-15)7-18-13-3-4-13/h1-2,6,8-9,13,18H,3-5,7H2. The molecule has 0 unspecified atom stereocenters. The summed E-state index contributed by atoms with van der Waals surface area (Å²) < 4.78 is 26.3. The van der Waals surface area contributed by atoms with Crippen LogP contribution in [0.1, 0.15) is 29.8 Å². The fraction of sp³-hybridized carbons (Fsp3) is 0.333. The Bertz CT molecular complexity index is 595. The molecular formula is C15H15F2N3. The van der Waals surface area contributed by atoms with Gasteiger partial charge in [-0.3, -0.25) is 0 Å². The van der Waals surface area contributed by atoms with E-state index in [-0.39, 0.29) is 6.42 Å². The third kappa shape index (κ3) is 3.36. The zero-order valence-corrected chi connectivity index (χ0v) is 10.9. The van der Waals surface area contributed by atoms with Crippen LogP contribution >= 0.6 is 0 Å². The molecule has 0 bridgehead atoms. The highest BCUT2D eigenvalue weighted by Crippen LogP contribution is 2.19. The molecule has 1 heterocycles. The lowest BCUT2D eigenvalue weighted by molar-refractivity contribution is 0.573. The summed E-state index contributed by atoms with van der Waals surface area (Å²) in [4.78, 5) is 8.45. The number of benzene rings is 1. The first-order valence-electron chi connectivity index (χ1n) is 6.68. The predicted molar refractivity (Wildman–Crippen MR) is 71.1 cm³/mol. The highest BCUT2D eigenvalue weighted by atomic mass is 19.1. The predicted octanol–water partition coefficient (Wildman–Crippen LogP) is 2.60. The molecule has 0 saturated heterocycles. The Morgan fingerprint density at radius 1 is 1.15 bits per heavy atom. The van der Waals surface area contributed by atoms with E-state index in [1.54, 1.807) is 12.4 Å². The SMILES string of the molecule is Fc1ccc(Cc2ncc(CNC3CC3)cn2)c(F)c1. The highest BCUT2D eigenvalue weighted by Gasteiger charge is 2.19. The van der Waals surface area contributed by atoms with E-state index in [4.69, 9.17) is 0 Å². The van der Waals surface area contributed by atoms with Gasteiger partial charge in [-0.15, -0.1) is 0 Å². The van der Waals surface area contributed by atoms with Crippen molar-refractivity contribution in [1.82, 2.24) is 15.3 Å². The Morgan fingerprint density at radius 3 is 2.55 bits per heavy atom. The van der Waals surface area contributed by atoms with Crippen molar-refractivity contribution >= 4 is 0 Å². The van der Waals surface area contributed by atoms with Gasteiger partial charge in [-0.05, 0) is 24.5 Å². The molecular weight excluding hydrogens is 260 g/mol. The van der Waals surface area contributed by atoms with Crippen molar-refractivity contribution in [1.29, 1.82) is 0 Å². The minimum Gasteiger partial charge on any atom is -0.310 e. The fourth-order valence-electron chi connectivity index (χ4n) is 1.95. The summed E-state index contributed by atoms with van der Waals surface area (Å²) >= 11 is 0. The van der Waals surface area contributed by atoms with Crippen molar-refractivity contribution in [2.75, 3.05) is 0 Å². The molecule has 2 aromatic rings. The molecule has 1 aliphatic carbocycles. The second kappa shape index (κ2) is 5.63. The first kappa shape index (κ1) is 13.1. The molecule has 1 saturated carbocycles. The van der Waals surface area contributed by atoms with Crippen LogP contribution < -0.4 is 5.32 Å². The van der Waals surface area contributed by atoms with Crippen molar-refractivity contribution < 1.29 is 8.78 Å². The average molecular weight is 275 g/mol. The summed E-state index contributed by atoms with van der Waals surface area (Å²) in [5.74, 6) is -0.604. The summed E-state index contributed by atoms with van der Waals surface area (Å²) in [6.07, 6.45) is 6.24. The molecule has 0 spiro atoms. The number of hydrogen-bond donors (Lipinski definition) is 1. The molecule has 0 aliphatic heterocycles. The van der Waals surface area contributed by atoms with Gasteiger partial charge in [-0.25, -0.2) is 18.7 Å². The zero-order valence-electron chi connectivity index (χ0n) is 10.9. The van der Waals surface area contributed by atoms with Crippen LogP contribution in [-0.4, -0.2) is 16.0 Å². The van der Waals surface area contributed by atoms with E-state index in [0.717, 1.165) is 18.2 Å². The largest absolute Gasteiger partial charge is 0.310 e. The van der Waals surface area contributed by atoms with E-state index >= 15 is 0 Å². The van der Waals surface area contributed by atoms with Gasteiger partial charge < -0.3 is 5.32 Å². The van der Waals surface area contributed by atoms with E-state index < -0.39 is 11.6 Å². The second-order valence-electron chi connectivity index (χ2n) is 5.08. The third-order valence-corrected chi connectivity index (χ3v) is 3.29. The lowest BCUT2D eigenvalue weighted by Crippen LogP contribution is -2.15. The van der Waals surface area contributed by atoms with Gasteiger partial charge in [0.25, 0.3) is 0 Å². The van der Waals surface area contributed by atoms with E-state index in [1.807, 2.05) is 0 Å². The molecule has 1 aromatic heterocycles. The van der Waals surface area contributed by atoms with Gasteiger partial charge in [-0.2, -0.15) is 0 Å². The van der Waals surface area contributed by atoms with Crippen molar-refractivity contribution in [3.8, 4) is 0 Å². The molecule has 1 N–H and O–H groups in total. The quantitative estimate of drug-likeness (QED) is 0.911. The highest BCUT2D eigenvalue weighted by molar-refractivity contribution is 5.22. The fourth-order valence-corrected chi connectivity index (χ4v) is 1.95. The molecule has 0 radical (unpaired) electrons. The van der Waals surface area contributed by atoms with Gasteiger partial charge >= 0.3 is 0 Å². The topological polar surface area (TPSA) is 37.8 Å². The minimum absolute atomic E-state index is 0.266. The summed E-state index contributed by atoms with van der Waals surface area (Å²) in [6.45, 7) is 0.760. The van der Waals surface area contributed by atoms with Crippen molar-refractivity contribution in [2.24, 2.45) is 0 Å². The Morgan fingerprint density at radius 2 is 1.90 bits per heavy atom. The molecule has 3 rings (SSSR count). The smallest absolute Gasteiger partial charge is 0.132 e. The van der Waals surface area contributed by atoms with Gasteiger partial charge in [0.15, 0.2) is 0 Å². The summed E-state index contributed by atoms with van der Waals surface area (Å²) in [6, 6.07) is 4.19. The normalized spacial score (nSPS) is 14.5. The summed E-state index contributed by atoms with van der Waals surface area (Å²) in [7, 11) is 0. The zero-order chi connectivity index (χ0) is 13.9. The number of rotatable bonds is 5. The maximum absolute atomic E-state index is 13.5. The van der Waals surface area contributed by atoms with Crippen molar-refractivity contribution in [3.63, 3.8) is 0 Å². The van der Waals surface area contributed by atoms with Crippen LogP contribution in [0.3, 0.4) is 0 Å². The summed E-state index contributed by atoms with van der Waals surface area (Å²) in [5.41, 5.74) is 1.41. The Hall–Kier alpha value is -1.88. The van der Waals surface area contributed by atoms with Crippen LogP contribution in [-0.2, 0) is 13.0 Å². The molecule has 1 fully saturated rings. The van der Waals surface area contributed by atoms with Crippen LogP contribution in [0, 0.1) is 11.6 Å². The molecule has 0 atom stereocenters. The van der Waals surface area contributed by atoms with Gasteiger partial charge in [0.1, 0.15) is 17.5 Å². The number of nitrogens with zero attached hydrogens (tertiary/aromatic N) is 2. The Kier molecular flexibility index (Phi) is 3.69. The lowest BCUT2D eigenvalue weighted by atomic mass is 10.1. The van der Waals surface area contributed by atoms with Crippen LogP contribution in [0.15, 0.2) is 30.6 Å². The first-order valence-corrected chi connectivity index (χ1v) is 6.68. The molecule has 3 nitrogen and oxygen atoms in total. The molecule has 5 heteroatoms. The van der Waals surface area contributed by atoms with E-state index in [0.29, 0.717) is 17.4 Å². The molecule has 1 aromatic carbocycles. The number of halogens is 2. The lowest BCUT2D eigenvalue weighted by Gasteiger charge is -2.05. The van der Waals surface area contributed by atoms with Crippen LogP contribution in [0.5, 0.6) is 0 Å². The van der Waals surface area contributed by atoms with Crippen molar-refractivity contribution in [3.05, 3.63) is 59.2 Å². The van der Waals surface area contributed by atoms with E-state index in [2.05, 4.69) is 15.3 Å². The van der Waals surface area contributed by atoms with E-state index in [1.165, 1.54) is 25.0 Å². The monoisotopic (exact) mass is 275 g/mol. The van der Waals surface area contributed by atoms with Gasteiger partial charge in [-0.1, -0.05) is 6.07 Å². The third-order valence-electron chi connectivity index (χ3n) is 3.29. The number of hydrogen-bond acceptors (Lipinski definition) is 3. The van der Waals surface area contributed by atoms with Crippen molar-refractivity contribution in [2.45, 2.75) is 31.8 Å². The first-order chi connectivity index (χ1) is 9.70. The minimum atomic E-state index is -0.575. The summed E-state index contributed by atoms with van der Waals surface area (Å²) in [5, 5.41) is 3.38. The van der Waals surface area contributed by atoms with E-state index in [9.17, 15) is 8.78 Å². The maximum atomic E-state index is 13.5. The Balaban J connectivity index is 1.64. The number of nitrogens with one attached hydrogen (secondary N) is 1. The molecule has 0 amide bonds. The average Bonchev–Trinajstić information content (AvgIpc) is 3.25. The second-order valence-corrected chi connectivity index (χ2v) is 5.08. The molecule has 1 aliphatic rings. The van der Waals surface area contributed by atoms with Crippen LogP contribution in [0.4, 0.5) is 8.78 Å². The Labute approximate surface area is 116 Å². The molecule has 20 heavy (non-hydrogen) atoms. The van der Waals surface area contributed by atoms with Gasteiger partial charge in [0.2, 0.25) is 0 Å². The molecule has 104 valence electrons. The number of aromatic nitrogens is 2. The van der Waals surface area contributed by atoms with Crippen LogP contribution in [0.2, 0.25) is 0 Å². The maximum Gasteiger partial charge on any atom is 0.132 e. The van der Waals surface area contributed by atoms with Crippen LogP contribution in [0.25, 0.3) is 0 Å². The van der Waals surface area contributed by atoms with Gasteiger partial charge in [0.05, 0.1) is 0 Å². The van der Waals surface area contributed by atoms with Gasteiger partial charge in [0, 0.05) is 43.0 Å².